The number of aromatic amines is 1. The Morgan fingerprint density at radius 2 is 2.00 bits per heavy atom. The Morgan fingerprint density at radius 3 is 2.74 bits per heavy atom. The highest BCUT2D eigenvalue weighted by Crippen LogP contribution is 2.23. The van der Waals surface area contributed by atoms with Gasteiger partial charge in [-0.25, -0.2) is 10.4 Å². The maximum atomic E-state index is 11.2. The Bertz CT molecular complexity index is 665. The second-order valence-corrected chi connectivity index (χ2v) is 6.01. The molecular formula is C13H14N4OS. The van der Waals surface area contributed by atoms with Gasteiger partial charge in [0, 0.05) is 0 Å². The van der Waals surface area contributed by atoms with Crippen molar-refractivity contribution in [3.8, 4) is 0 Å². The molecule has 1 atom stereocenters. The number of benzene rings is 1. The smallest absolute Gasteiger partial charge is 0.299 e. The monoisotopic (exact) mass is 274 g/mol. The molecule has 3 rings (SSSR count). The van der Waals surface area contributed by atoms with Crippen molar-refractivity contribution in [2.24, 2.45) is 5.10 Å². The van der Waals surface area contributed by atoms with E-state index in [4.69, 9.17) is 0 Å². The van der Waals surface area contributed by atoms with Gasteiger partial charge in [0.25, 0.3) is 5.24 Å². The number of carbonyl (C=O) groups excluding carboxylic acids is 1. The van der Waals surface area contributed by atoms with Crippen LogP contribution >= 0.6 is 11.8 Å². The van der Waals surface area contributed by atoms with Crippen LogP contribution in [0.1, 0.15) is 23.9 Å². The number of amides is 1. The van der Waals surface area contributed by atoms with Gasteiger partial charge in [0.2, 0.25) is 0 Å². The van der Waals surface area contributed by atoms with E-state index in [0.717, 1.165) is 22.6 Å². The number of hydrogen-bond acceptors (Lipinski definition) is 4. The molecule has 2 N–H and O–H groups in total. The summed E-state index contributed by atoms with van der Waals surface area (Å²) in [4.78, 5) is 19.1. The molecule has 1 aliphatic heterocycles. The maximum absolute atomic E-state index is 11.2. The van der Waals surface area contributed by atoms with Crippen molar-refractivity contribution >= 4 is 33.7 Å². The predicted octanol–water partition coefficient (Wildman–Crippen LogP) is 2.73. The number of fused-ring (bicyclic) bond motifs is 1. The van der Waals surface area contributed by atoms with Crippen molar-refractivity contribution in [2.45, 2.75) is 26.0 Å². The molecule has 0 bridgehead atoms. The van der Waals surface area contributed by atoms with Crippen LogP contribution in [-0.4, -0.2) is 26.2 Å². The van der Waals surface area contributed by atoms with Crippen LogP contribution < -0.4 is 5.43 Å². The van der Waals surface area contributed by atoms with Crippen molar-refractivity contribution in [2.75, 3.05) is 0 Å². The number of H-pyrrole nitrogens is 1. The Hall–Kier alpha value is -1.82. The Kier molecular flexibility index (Phi) is 2.82. The molecule has 2 heterocycles. The molecular weight excluding hydrogens is 260 g/mol. The summed E-state index contributed by atoms with van der Waals surface area (Å²) in [6.07, 6.45) is 0. The summed E-state index contributed by atoms with van der Waals surface area (Å²) in [5.74, 6) is 0.722. The average Bonchev–Trinajstić information content (AvgIpc) is 2.72. The molecule has 98 valence electrons. The van der Waals surface area contributed by atoms with E-state index in [0.29, 0.717) is 0 Å². The topological polar surface area (TPSA) is 70.1 Å². The van der Waals surface area contributed by atoms with Gasteiger partial charge in [-0.2, -0.15) is 5.10 Å². The number of aryl methyl sites for hydroxylation is 2. The Morgan fingerprint density at radius 1 is 1.26 bits per heavy atom. The Balaban J connectivity index is 2.09. The summed E-state index contributed by atoms with van der Waals surface area (Å²) in [5.41, 5.74) is 7.62. The van der Waals surface area contributed by atoms with Gasteiger partial charge in [0.1, 0.15) is 5.71 Å². The fourth-order valence-corrected chi connectivity index (χ4v) is 2.77. The van der Waals surface area contributed by atoms with E-state index >= 15 is 0 Å². The molecule has 1 aromatic heterocycles. The van der Waals surface area contributed by atoms with Gasteiger partial charge in [-0.1, -0.05) is 11.8 Å². The minimum atomic E-state index is -0.126. The van der Waals surface area contributed by atoms with Gasteiger partial charge in [-0.15, -0.1) is 0 Å². The third kappa shape index (κ3) is 2.12. The average molecular weight is 274 g/mol. The molecule has 19 heavy (non-hydrogen) atoms. The van der Waals surface area contributed by atoms with Crippen LogP contribution in [0.5, 0.6) is 0 Å². The van der Waals surface area contributed by atoms with Crippen LogP contribution in [0.25, 0.3) is 11.0 Å². The molecule has 0 saturated carbocycles. The number of rotatable bonds is 1. The number of carbonyl (C=O) groups is 1. The molecule has 1 unspecified atom stereocenters. The summed E-state index contributed by atoms with van der Waals surface area (Å²) in [7, 11) is 0. The lowest BCUT2D eigenvalue weighted by Gasteiger charge is -2.16. The highest BCUT2D eigenvalue weighted by atomic mass is 32.2. The lowest BCUT2D eigenvalue weighted by Crippen LogP contribution is -2.30. The quantitative estimate of drug-likeness (QED) is 0.840. The molecule has 1 amide bonds. The van der Waals surface area contributed by atoms with E-state index in [9.17, 15) is 4.79 Å². The van der Waals surface area contributed by atoms with E-state index in [1.165, 1.54) is 22.9 Å². The molecule has 0 radical (unpaired) electrons. The number of nitrogens with one attached hydrogen (secondary N) is 2. The minimum Gasteiger partial charge on any atom is -0.337 e. The number of nitrogens with zero attached hydrogens (tertiary/aromatic N) is 2. The van der Waals surface area contributed by atoms with Crippen molar-refractivity contribution < 1.29 is 4.79 Å². The first kappa shape index (κ1) is 12.2. The summed E-state index contributed by atoms with van der Waals surface area (Å²) in [6, 6.07) is 4.14. The maximum Gasteiger partial charge on any atom is 0.299 e. The van der Waals surface area contributed by atoms with Crippen LogP contribution in [0.2, 0.25) is 0 Å². The van der Waals surface area contributed by atoms with Crippen molar-refractivity contribution in [1.29, 1.82) is 0 Å². The molecule has 6 heteroatoms. The molecule has 5 nitrogen and oxygen atoms in total. The minimum absolute atomic E-state index is 0.00324. The van der Waals surface area contributed by atoms with Crippen LogP contribution in [0.4, 0.5) is 4.79 Å². The normalized spacial score (nSPS) is 19.4. The third-order valence-corrected chi connectivity index (χ3v) is 4.16. The second-order valence-electron chi connectivity index (χ2n) is 4.70. The molecule has 2 aromatic rings. The van der Waals surface area contributed by atoms with Crippen LogP contribution in [0, 0.1) is 13.8 Å². The molecule has 0 aliphatic carbocycles. The van der Waals surface area contributed by atoms with E-state index in [1.807, 2.05) is 6.92 Å². The SMILES string of the molecule is Cc1cc2nc(C3=NNC(=O)SC3C)[nH]c2cc1C. The highest BCUT2D eigenvalue weighted by Gasteiger charge is 2.24. The first-order valence-electron chi connectivity index (χ1n) is 6.06. The van der Waals surface area contributed by atoms with Gasteiger partial charge >= 0.3 is 0 Å². The molecule has 1 aliphatic rings. The zero-order chi connectivity index (χ0) is 13.6. The van der Waals surface area contributed by atoms with Gasteiger partial charge in [0.05, 0.1) is 16.3 Å². The van der Waals surface area contributed by atoms with Crippen LogP contribution in [0.15, 0.2) is 17.2 Å². The van der Waals surface area contributed by atoms with Crippen molar-refractivity contribution in [1.82, 2.24) is 15.4 Å². The van der Waals surface area contributed by atoms with E-state index in [2.05, 4.69) is 46.5 Å². The molecule has 0 saturated heterocycles. The van der Waals surface area contributed by atoms with E-state index in [-0.39, 0.29) is 10.5 Å². The number of hydrazone groups is 1. The summed E-state index contributed by atoms with van der Waals surface area (Å²) >= 11 is 1.22. The molecule has 1 aromatic carbocycles. The molecule has 0 spiro atoms. The number of aromatic nitrogens is 2. The predicted molar refractivity (Wildman–Crippen MR) is 77.7 cm³/mol. The number of imidazole rings is 1. The lowest BCUT2D eigenvalue weighted by atomic mass is 10.1. The fraction of sp³-hybridized carbons (Fsp3) is 0.308. The number of thioether (sulfide) groups is 1. The first-order valence-corrected chi connectivity index (χ1v) is 6.94. The zero-order valence-electron chi connectivity index (χ0n) is 10.9. The summed E-state index contributed by atoms with van der Waals surface area (Å²) in [6.45, 7) is 6.10. The van der Waals surface area contributed by atoms with E-state index in [1.54, 1.807) is 0 Å². The van der Waals surface area contributed by atoms with Gasteiger partial charge in [0.15, 0.2) is 5.82 Å². The summed E-state index contributed by atoms with van der Waals surface area (Å²) in [5, 5.41) is 3.98. The van der Waals surface area contributed by atoms with Gasteiger partial charge in [-0.3, -0.25) is 4.79 Å². The summed E-state index contributed by atoms with van der Waals surface area (Å²) < 4.78 is 0. The van der Waals surface area contributed by atoms with Gasteiger partial charge < -0.3 is 4.98 Å². The largest absolute Gasteiger partial charge is 0.337 e. The number of hydrogen-bond donors (Lipinski definition) is 2. The van der Waals surface area contributed by atoms with E-state index < -0.39 is 0 Å². The van der Waals surface area contributed by atoms with Crippen LogP contribution in [0.3, 0.4) is 0 Å². The Labute approximate surface area is 114 Å². The molecule has 0 fully saturated rings. The van der Waals surface area contributed by atoms with Crippen molar-refractivity contribution in [3.05, 3.63) is 29.1 Å². The van der Waals surface area contributed by atoms with Crippen molar-refractivity contribution in [3.63, 3.8) is 0 Å². The first-order chi connectivity index (χ1) is 9.04. The second kappa shape index (κ2) is 4.38. The fourth-order valence-electron chi connectivity index (χ4n) is 2.08. The third-order valence-electron chi connectivity index (χ3n) is 3.28. The standard InChI is InChI=1S/C13H14N4OS/c1-6-4-9-10(5-7(6)2)15-12(14-9)11-8(3)19-13(18)17-16-11/h4-5,8H,1-3H3,(H,14,15)(H,17,18). The lowest BCUT2D eigenvalue weighted by molar-refractivity contribution is 0.261. The van der Waals surface area contributed by atoms with Crippen LogP contribution in [-0.2, 0) is 0 Å². The highest BCUT2D eigenvalue weighted by molar-refractivity contribution is 8.14. The van der Waals surface area contributed by atoms with Gasteiger partial charge in [-0.05, 0) is 44.0 Å². The zero-order valence-corrected chi connectivity index (χ0v) is 11.8.